The van der Waals surface area contributed by atoms with Gasteiger partial charge < -0.3 is 33.8 Å². The van der Waals surface area contributed by atoms with Crippen molar-refractivity contribution in [3.05, 3.63) is 0 Å². The van der Waals surface area contributed by atoms with Gasteiger partial charge in [0, 0.05) is 25.7 Å². The topological polar surface area (TPSA) is 237 Å². The van der Waals surface area contributed by atoms with E-state index in [-0.39, 0.29) is 25.7 Å². The number of phosphoric acid groups is 2. The van der Waals surface area contributed by atoms with E-state index in [1.54, 1.807) is 0 Å². The Kier molecular flexibility index (Phi) is 65.9. The number of unbranched alkanes of at least 4 members (excludes halogenated alkanes) is 46. The summed E-state index contributed by atoms with van der Waals surface area (Å²) in [6.45, 7) is 7.30. The molecule has 0 rings (SSSR count). The third-order valence-electron chi connectivity index (χ3n) is 17.3. The van der Waals surface area contributed by atoms with Crippen molar-refractivity contribution in [1.82, 2.24) is 0 Å². The molecule has 0 aromatic rings. The van der Waals surface area contributed by atoms with E-state index in [0.717, 1.165) is 95.8 Å². The minimum atomic E-state index is -4.95. The Hall–Kier alpha value is -1.94. The van der Waals surface area contributed by atoms with Gasteiger partial charge >= 0.3 is 39.5 Å². The minimum Gasteiger partial charge on any atom is -0.462 e. The molecule has 0 saturated carbocycles. The van der Waals surface area contributed by atoms with Gasteiger partial charge in [-0.25, -0.2) is 9.13 Å². The minimum absolute atomic E-state index is 0.108. The van der Waals surface area contributed by atoms with Crippen molar-refractivity contribution in [1.29, 1.82) is 0 Å². The van der Waals surface area contributed by atoms with E-state index in [4.69, 9.17) is 37.0 Å². The van der Waals surface area contributed by atoms with Gasteiger partial charge in [-0.15, -0.1) is 0 Å². The second-order valence-electron chi connectivity index (χ2n) is 27.2. The van der Waals surface area contributed by atoms with E-state index in [9.17, 15) is 43.2 Å². The molecule has 0 spiro atoms. The van der Waals surface area contributed by atoms with Gasteiger partial charge in [0.2, 0.25) is 0 Å². The molecule has 0 heterocycles. The predicted octanol–water partition coefficient (Wildman–Crippen LogP) is 21.7. The highest BCUT2D eigenvalue weighted by atomic mass is 31.2. The zero-order chi connectivity index (χ0) is 68.4. The lowest BCUT2D eigenvalue weighted by Gasteiger charge is -2.21. The molecular weight excluding hydrogens is 1220 g/mol. The third-order valence-corrected chi connectivity index (χ3v) is 19.2. The fourth-order valence-electron chi connectivity index (χ4n) is 11.4. The summed E-state index contributed by atoms with van der Waals surface area (Å²) in [6, 6.07) is 0. The van der Waals surface area contributed by atoms with Crippen LogP contribution in [-0.4, -0.2) is 96.7 Å². The van der Waals surface area contributed by atoms with Crippen molar-refractivity contribution < 1.29 is 80.2 Å². The molecule has 93 heavy (non-hydrogen) atoms. The molecule has 0 bridgehead atoms. The largest absolute Gasteiger partial charge is 0.472 e. The molecule has 5 atom stereocenters. The predicted molar refractivity (Wildman–Crippen MR) is 377 cm³/mol. The summed E-state index contributed by atoms with van der Waals surface area (Å²) in [7, 11) is -9.90. The Morgan fingerprint density at radius 1 is 0.290 bits per heavy atom. The number of hydrogen-bond acceptors (Lipinski definition) is 15. The van der Waals surface area contributed by atoms with Crippen LogP contribution >= 0.6 is 15.6 Å². The van der Waals surface area contributed by atoms with E-state index in [1.807, 2.05) is 0 Å². The molecule has 0 radical (unpaired) electrons. The first-order valence-electron chi connectivity index (χ1n) is 38.6. The van der Waals surface area contributed by atoms with Crippen LogP contribution in [0.15, 0.2) is 0 Å². The number of phosphoric ester groups is 2. The van der Waals surface area contributed by atoms with E-state index in [0.29, 0.717) is 25.7 Å². The fraction of sp³-hybridized carbons (Fsp3) is 0.946. The summed E-state index contributed by atoms with van der Waals surface area (Å²) in [6.07, 6.45) is 55.3. The number of carbonyl (C=O) groups is 4. The fourth-order valence-corrected chi connectivity index (χ4v) is 12.9. The summed E-state index contributed by atoms with van der Waals surface area (Å²) in [5.74, 6) is -1.33. The van der Waals surface area contributed by atoms with E-state index in [1.165, 1.54) is 212 Å². The van der Waals surface area contributed by atoms with E-state index < -0.39 is 97.5 Å². The molecule has 19 heteroatoms. The number of aliphatic hydroxyl groups excluding tert-OH is 1. The molecule has 17 nitrogen and oxygen atoms in total. The first-order chi connectivity index (χ1) is 45.0. The maximum Gasteiger partial charge on any atom is 0.472 e. The maximum absolute atomic E-state index is 13.1. The number of carbonyl (C=O) groups excluding carboxylic acids is 4. The highest BCUT2D eigenvalue weighted by molar-refractivity contribution is 7.47. The second kappa shape index (κ2) is 67.3. The number of hydrogen-bond donors (Lipinski definition) is 3. The third kappa shape index (κ3) is 68.4. The average molecular weight is 1370 g/mol. The Balaban J connectivity index is 5.25. The quantitative estimate of drug-likeness (QED) is 0.0222. The molecule has 0 aliphatic heterocycles. The van der Waals surface area contributed by atoms with Gasteiger partial charge in [0.05, 0.1) is 26.4 Å². The summed E-state index contributed by atoms with van der Waals surface area (Å²) >= 11 is 0. The molecule has 0 aliphatic carbocycles. The second-order valence-corrected chi connectivity index (χ2v) is 30.1. The Bertz CT molecular complexity index is 1790. The lowest BCUT2D eigenvalue weighted by molar-refractivity contribution is -0.161. The summed E-state index contributed by atoms with van der Waals surface area (Å²) < 4.78 is 68.5. The number of aliphatic hydroxyl groups is 1. The van der Waals surface area contributed by atoms with Gasteiger partial charge in [0.15, 0.2) is 12.2 Å². The zero-order valence-electron chi connectivity index (χ0n) is 60.4. The van der Waals surface area contributed by atoms with Crippen LogP contribution in [0.2, 0.25) is 0 Å². The number of esters is 4. The highest BCUT2D eigenvalue weighted by Crippen LogP contribution is 2.45. The van der Waals surface area contributed by atoms with Gasteiger partial charge in [0.1, 0.15) is 19.3 Å². The SMILES string of the molecule is CCCCCCCCCCCCCCCCC(=O)OC[C@H](COP(=O)(O)OC[C@@H](O)COP(=O)(O)OC[C@@H](COC(=O)CCCCCCCCCCCC)OC(=O)CCCCCCCCCCCCCCC)OC(=O)CCCCCCCCCCCCCCCC(C)C. The molecule has 3 N–H and O–H groups in total. The van der Waals surface area contributed by atoms with Crippen molar-refractivity contribution in [2.45, 2.75) is 406 Å². The monoisotopic (exact) mass is 1370 g/mol. The average Bonchev–Trinajstić information content (AvgIpc) is 3.72. The van der Waals surface area contributed by atoms with Gasteiger partial charge in [0.25, 0.3) is 0 Å². The van der Waals surface area contributed by atoms with Crippen molar-refractivity contribution in [2.75, 3.05) is 39.6 Å². The number of rotatable bonds is 74. The Morgan fingerprint density at radius 2 is 0.495 bits per heavy atom. The van der Waals surface area contributed by atoms with Crippen LogP contribution in [0.4, 0.5) is 0 Å². The van der Waals surface area contributed by atoms with Crippen molar-refractivity contribution in [3.8, 4) is 0 Å². The van der Waals surface area contributed by atoms with Crippen LogP contribution < -0.4 is 0 Å². The highest BCUT2D eigenvalue weighted by Gasteiger charge is 2.30. The van der Waals surface area contributed by atoms with E-state index >= 15 is 0 Å². The van der Waals surface area contributed by atoms with E-state index in [2.05, 4.69) is 34.6 Å². The Morgan fingerprint density at radius 3 is 0.731 bits per heavy atom. The molecule has 0 amide bonds. The molecule has 2 unspecified atom stereocenters. The summed E-state index contributed by atoms with van der Waals surface area (Å²) in [5.41, 5.74) is 0. The van der Waals surface area contributed by atoms with Gasteiger partial charge in [-0.3, -0.25) is 37.3 Å². The molecular formula is C74H144O17P2. The smallest absolute Gasteiger partial charge is 0.462 e. The molecule has 0 aromatic carbocycles. The van der Waals surface area contributed by atoms with Crippen LogP contribution in [0.25, 0.3) is 0 Å². The normalized spacial score (nSPS) is 14.0. The van der Waals surface area contributed by atoms with Gasteiger partial charge in [-0.2, -0.15) is 0 Å². The summed E-state index contributed by atoms with van der Waals surface area (Å²) in [5, 5.41) is 10.6. The molecule has 0 fully saturated rings. The van der Waals surface area contributed by atoms with Crippen LogP contribution in [0, 0.1) is 5.92 Å². The maximum atomic E-state index is 13.1. The van der Waals surface area contributed by atoms with Crippen LogP contribution in [-0.2, 0) is 65.4 Å². The van der Waals surface area contributed by atoms with Crippen molar-refractivity contribution in [3.63, 3.8) is 0 Å². The lowest BCUT2D eigenvalue weighted by Crippen LogP contribution is -2.30. The van der Waals surface area contributed by atoms with Gasteiger partial charge in [-0.05, 0) is 31.6 Å². The zero-order valence-corrected chi connectivity index (χ0v) is 62.2. The first kappa shape index (κ1) is 91.1. The molecule has 0 aliphatic rings. The standard InChI is InChI=1S/C74H144O17P2/c1-6-9-12-15-18-21-24-26-30-33-38-43-48-53-58-72(77)85-64-70(91-74(79)60-55-50-45-40-35-31-27-29-32-36-41-46-51-56-67(4)5)66-89-93(82,83)87-62-68(75)61-86-92(80,81)88-65-69(63-84-71(76)57-52-47-42-37-23-20-17-14-11-8-3)90-73(78)59-54-49-44-39-34-28-25-22-19-16-13-10-7-2/h67-70,75H,6-66H2,1-5H3,(H,80,81)(H,82,83)/t68-,69+,70+/m0/s1. The first-order valence-corrected chi connectivity index (χ1v) is 41.6. The van der Waals surface area contributed by atoms with Crippen molar-refractivity contribution in [2.24, 2.45) is 5.92 Å². The molecule has 0 aromatic heterocycles. The summed E-state index contributed by atoms with van der Waals surface area (Å²) in [4.78, 5) is 72.7. The molecule has 0 saturated heterocycles. The lowest BCUT2D eigenvalue weighted by atomic mass is 10.0. The molecule has 552 valence electrons. The number of ether oxygens (including phenoxy) is 4. The Labute approximate surface area is 568 Å². The van der Waals surface area contributed by atoms with Crippen LogP contribution in [0.1, 0.15) is 388 Å². The van der Waals surface area contributed by atoms with Crippen LogP contribution in [0.5, 0.6) is 0 Å². The van der Waals surface area contributed by atoms with Gasteiger partial charge in [-0.1, -0.05) is 336 Å². The van der Waals surface area contributed by atoms with Crippen molar-refractivity contribution >= 4 is 39.5 Å². The van der Waals surface area contributed by atoms with Crippen LogP contribution in [0.3, 0.4) is 0 Å².